The number of ether oxygens (including phenoxy) is 1. The van der Waals surface area contributed by atoms with Crippen molar-refractivity contribution in [2.75, 3.05) is 6.61 Å². The van der Waals surface area contributed by atoms with E-state index in [1.54, 1.807) is 0 Å². The molecule has 0 saturated carbocycles. The second-order valence-electron chi connectivity index (χ2n) is 2.58. The summed E-state index contributed by atoms with van der Waals surface area (Å²) in [5.74, 6) is -1.04. The van der Waals surface area contributed by atoms with Crippen LogP contribution >= 0.6 is 0 Å². The molecular formula is C6H10O6. The average molecular weight is 178 g/mol. The highest BCUT2D eigenvalue weighted by molar-refractivity contribution is 5.76. The van der Waals surface area contributed by atoms with Crippen LogP contribution < -0.4 is 0 Å². The van der Waals surface area contributed by atoms with Gasteiger partial charge in [0, 0.05) is 0 Å². The third-order valence-electron chi connectivity index (χ3n) is 1.74. The largest absolute Gasteiger partial charge is 0.455 e. The fourth-order valence-corrected chi connectivity index (χ4v) is 0.980. The van der Waals surface area contributed by atoms with Crippen molar-refractivity contribution in [2.24, 2.45) is 0 Å². The van der Waals surface area contributed by atoms with Crippen LogP contribution in [0.5, 0.6) is 0 Å². The van der Waals surface area contributed by atoms with E-state index in [2.05, 4.69) is 4.74 Å². The highest BCUT2D eigenvalue weighted by Gasteiger charge is 2.43. The molecule has 0 aromatic rings. The zero-order chi connectivity index (χ0) is 9.30. The Morgan fingerprint density at radius 3 is 2.33 bits per heavy atom. The molecule has 6 nitrogen and oxygen atoms in total. The van der Waals surface area contributed by atoms with Crippen LogP contribution in [-0.4, -0.2) is 57.4 Å². The molecule has 1 heterocycles. The maximum absolute atomic E-state index is 10.7. The van der Waals surface area contributed by atoms with Gasteiger partial charge in [-0.25, -0.2) is 4.79 Å². The van der Waals surface area contributed by atoms with Crippen LogP contribution in [0.25, 0.3) is 0 Å². The molecule has 6 heteroatoms. The molecule has 0 radical (unpaired) electrons. The highest BCUT2D eigenvalue weighted by Crippen LogP contribution is 2.15. The van der Waals surface area contributed by atoms with Gasteiger partial charge in [0.25, 0.3) is 0 Å². The van der Waals surface area contributed by atoms with Gasteiger partial charge in [-0.1, -0.05) is 0 Å². The number of cyclic esters (lactones) is 1. The van der Waals surface area contributed by atoms with Crippen LogP contribution in [0.3, 0.4) is 0 Å². The van der Waals surface area contributed by atoms with Crippen molar-refractivity contribution in [1.82, 2.24) is 0 Å². The highest BCUT2D eigenvalue weighted by atomic mass is 16.6. The molecule has 0 aliphatic carbocycles. The summed E-state index contributed by atoms with van der Waals surface area (Å²) in [6.07, 6.45) is -5.93. The lowest BCUT2D eigenvalue weighted by atomic mass is 10.0. The zero-order valence-electron chi connectivity index (χ0n) is 6.12. The van der Waals surface area contributed by atoms with Crippen molar-refractivity contribution in [3.63, 3.8) is 0 Å². The second kappa shape index (κ2) is 3.36. The van der Waals surface area contributed by atoms with Gasteiger partial charge in [-0.2, -0.15) is 0 Å². The third kappa shape index (κ3) is 1.42. The number of hydrogen-bond donors (Lipinski definition) is 4. The molecule has 1 saturated heterocycles. The SMILES string of the molecule is O=C1O[C@H](CO)[C@H](O)[C@@H](O)[C@H]1O. The number of hydrogen-bond acceptors (Lipinski definition) is 6. The molecule has 1 aliphatic rings. The van der Waals surface area contributed by atoms with E-state index in [4.69, 9.17) is 20.4 Å². The summed E-state index contributed by atoms with van der Waals surface area (Å²) >= 11 is 0. The van der Waals surface area contributed by atoms with E-state index in [9.17, 15) is 4.79 Å². The molecule has 1 rings (SSSR count). The average Bonchev–Trinajstić information content (AvgIpc) is 2.08. The number of aliphatic hydroxyl groups is 4. The number of aliphatic hydroxyl groups excluding tert-OH is 4. The molecular weight excluding hydrogens is 168 g/mol. The molecule has 1 aliphatic heterocycles. The van der Waals surface area contributed by atoms with Gasteiger partial charge < -0.3 is 25.2 Å². The molecule has 4 N–H and O–H groups in total. The van der Waals surface area contributed by atoms with Crippen molar-refractivity contribution in [1.29, 1.82) is 0 Å². The Hall–Kier alpha value is -0.690. The quantitative estimate of drug-likeness (QED) is 0.318. The Labute approximate surface area is 68.0 Å². The molecule has 0 amide bonds. The van der Waals surface area contributed by atoms with Crippen molar-refractivity contribution in [3.8, 4) is 0 Å². The van der Waals surface area contributed by atoms with E-state index in [1.165, 1.54) is 0 Å². The van der Waals surface area contributed by atoms with E-state index in [1.807, 2.05) is 0 Å². The number of carbonyl (C=O) groups excluding carboxylic acids is 1. The standard InChI is InChI=1S/C6H10O6/c7-1-2-3(8)4(9)5(10)6(11)12-2/h2-5,7-10H,1H2/t2-,3+,4-,5-/m1/s1. The molecule has 12 heavy (non-hydrogen) atoms. The summed E-state index contributed by atoms with van der Waals surface area (Å²) < 4.78 is 4.38. The Morgan fingerprint density at radius 2 is 1.83 bits per heavy atom. The van der Waals surface area contributed by atoms with Crippen molar-refractivity contribution >= 4 is 5.97 Å². The Kier molecular flexibility index (Phi) is 2.63. The molecule has 4 atom stereocenters. The first-order chi connectivity index (χ1) is 5.57. The number of esters is 1. The first kappa shape index (κ1) is 9.40. The fourth-order valence-electron chi connectivity index (χ4n) is 0.980. The minimum Gasteiger partial charge on any atom is -0.455 e. The van der Waals surface area contributed by atoms with Crippen molar-refractivity contribution < 1.29 is 30.0 Å². The van der Waals surface area contributed by atoms with Gasteiger partial charge in [0.05, 0.1) is 6.61 Å². The maximum Gasteiger partial charge on any atom is 0.338 e. The van der Waals surface area contributed by atoms with Crippen molar-refractivity contribution in [3.05, 3.63) is 0 Å². The molecule has 0 bridgehead atoms. The monoisotopic (exact) mass is 178 g/mol. The molecule has 0 aromatic carbocycles. The predicted molar refractivity (Wildman–Crippen MR) is 35.0 cm³/mol. The van der Waals surface area contributed by atoms with Crippen LogP contribution in [0, 0.1) is 0 Å². The van der Waals surface area contributed by atoms with E-state index >= 15 is 0 Å². The topological polar surface area (TPSA) is 107 Å². The number of carbonyl (C=O) groups is 1. The van der Waals surface area contributed by atoms with Gasteiger partial charge in [0.2, 0.25) is 0 Å². The Morgan fingerprint density at radius 1 is 1.25 bits per heavy atom. The Bertz CT molecular complexity index is 179. The van der Waals surface area contributed by atoms with Crippen LogP contribution in [0.2, 0.25) is 0 Å². The molecule has 0 spiro atoms. The summed E-state index contributed by atoms with van der Waals surface area (Å²) in [7, 11) is 0. The van der Waals surface area contributed by atoms with E-state index in [0.29, 0.717) is 0 Å². The summed E-state index contributed by atoms with van der Waals surface area (Å²) in [5.41, 5.74) is 0. The second-order valence-corrected chi connectivity index (χ2v) is 2.58. The van der Waals surface area contributed by atoms with Gasteiger partial charge in [-0.15, -0.1) is 0 Å². The maximum atomic E-state index is 10.7. The third-order valence-corrected chi connectivity index (χ3v) is 1.74. The van der Waals surface area contributed by atoms with Crippen LogP contribution in [-0.2, 0) is 9.53 Å². The normalized spacial score (nSPS) is 42.5. The summed E-state index contributed by atoms with van der Waals surface area (Å²) in [6.45, 7) is -0.587. The lowest BCUT2D eigenvalue weighted by Gasteiger charge is -2.32. The van der Waals surface area contributed by atoms with Crippen LogP contribution in [0.4, 0.5) is 0 Å². The molecule has 1 fully saturated rings. The molecule has 0 aromatic heterocycles. The van der Waals surface area contributed by atoms with Gasteiger partial charge in [-0.05, 0) is 0 Å². The van der Waals surface area contributed by atoms with E-state index < -0.39 is 37.0 Å². The minimum absolute atomic E-state index is 0.587. The summed E-state index contributed by atoms with van der Waals surface area (Å²) in [5, 5.41) is 35.5. The Balaban J connectivity index is 2.70. The van der Waals surface area contributed by atoms with E-state index in [-0.39, 0.29) is 0 Å². The van der Waals surface area contributed by atoms with Crippen LogP contribution in [0.1, 0.15) is 0 Å². The first-order valence-electron chi connectivity index (χ1n) is 3.43. The molecule has 0 unspecified atom stereocenters. The van der Waals surface area contributed by atoms with Gasteiger partial charge >= 0.3 is 5.97 Å². The van der Waals surface area contributed by atoms with Crippen LogP contribution in [0.15, 0.2) is 0 Å². The minimum atomic E-state index is -1.73. The van der Waals surface area contributed by atoms with Gasteiger partial charge in [0.1, 0.15) is 12.2 Å². The smallest absolute Gasteiger partial charge is 0.338 e. The predicted octanol–water partition coefficient (Wildman–Crippen LogP) is -3.01. The first-order valence-corrected chi connectivity index (χ1v) is 3.43. The van der Waals surface area contributed by atoms with Gasteiger partial charge in [0.15, 0.2) is 12.2 Å². The summed E-state index contributed by atoms with van der Waals surface area (Å²) in [4.78, 5) is 10.7. The van der Waals surface area contributed by atoms with E-state index in [0.717, 1.165) is 0 Å². The number of rotatable bonds is 1. The van der Waals surface area contributed by atoms with Crippen molar-refractivity contribution in [2.45, 2.75) is 24.4 Å². The summed E-state index contributed by atoms with van der Waals surface area (Å²) in [6, 6.07) is 0. The fraction of sp³-hybridized carbons (Fsp3) is 0.833. The lowest BCUT2D eigenvalue weighted by molar-refractivity contribution is -0.206. The lowest BCUT2D eigenvalue weighted by Crippen LogP contribution is -2.56. The van der Waals surface area contributed by atoms with Gasteiger partial charge in [-0.3, -0.25) is 0 Å². The zero-order valence-corrected chi connectivity index (χ0v) is 6.12. The molecule has 70 valence electrons.